The van der Waals surface area contributed by atoms with E-state index in [1.54, 1.807) is 12.1 Å². The molecule has 10 nitrogen and oxygen atoms in total. The number of hydrogen-bond donors (Lipinski definition) is 3. The minimum Gasteiger partial charge on any atom is -0.465 e. The number of halogens is 3. The molecule has 1 fully saturated rings. The maximum Gasteiger partial charge on any atom is 0.573 e. The van der Waals surface area contributed by atoms with Crippen LogP contribution in [0.4, 0.5) is 29.3 Å². The van der Waals surface area contributed by atoms with Crippen LogP contribution in [0.15, 0.2) is 66.7 Å². The van der Waals surface area contributed by atoms with Crippen molar-refractivity contribution in [2.45, 2.75) is 12.9 Å². The summed E-state index contributed by atoms with van der Waals surface area (Å²) in [4.78, 5) is 25.9. The predicted octanol–water partition coefficient (Wildman–Crippen LogP) is 4.67. The van der Waals surface area contributed by atoms with Gasteiger partial charge in [0.2, 0.25) is 10.0 Å². The molecule has 1 aliphatic heterocycles. The molecule has 4 rings (SSSR count). The van der Waals surface area contributed by atoms with Gasteiger partial charge < -0.3 is 15.2 Å². The summed E-state index contributed by atoms with van der Waals surface area (Å²) < 4.78 is 67.6. The van der Waals surface area contributed by atoms with Crippen LogP contribution in [0.3, 0.4) is 0 Å². The third-order valence-corrected chi connectivity index (χ3v) is 7.64. The average Bonchev–Trinajstić information content (AvgIpc) is 2.89. The van der Waals surface area contributed by atoms with Crippen molar-refractivity contribution in [3.05, 3.63) is 77.9 Å². The molecule has 218 valence electrons. The van der Waals surface area contributed by atoms with Crippen LogP contribution >= 0.6 is 0 Å². The zero-order chi connectivity index (χ0) is 29.8. The minimum atomic E-state index is -4.96. The second-order valence-corrected chi connectivity index (χ2v) is 11.3. The Bertz CT molecular complexity index is 1510. The number of piperazine rings is 1. The Morgan fingerprint density at radius 1 is 0.902 bits per heavy atom. The van der Waals surface area contributed by atoms with Crippen molar-refractivity contribution in [3.8, 4) is 16.9 Å². The first-order valence-corrected chi connectivity index (χ1v) is 14.2. The Hall–Kier alpha value is -4.14. The molecule has 0 unspecified atom stereocenters. The molecule has 2 amide bonds. The molecule has 41 heavy (non-hydrogen) atoms. The van der Waals surface area contributed by atoms with Gasteiger partial charge >= 0.3 is 12.5 Å². The minimum absolute atomic E-state index is 0.0196. The van der Waals surface area contributed by atoms with Gasteiger partial charge in [-0.25, -0.2) is 13.2 Å². The summed E-state index contributed by atoms with van der Waals surface area (Å²) in [6.45, 7) is 2.74. The van der Waals surface area contributed by atoms with Crippen LogP contribution in [-0.4, -0.2) is 73.5 Å². The topological polar surface area (TPSA) is 128 Å². The molecule has 0 radical (unpaired) electrons. The number of nitrogens with one attached hydrogen (secondary N) is 2. The van der Waals surface area contributed by atoms with Gasteiger partial charge in [-0.2, -0.15) is 4.31 Å². The fraction of sp³-hybridized carbons (Fsp3) is 0.259. The molecule has 0 atom stereocenters. The summed E-state index contributed by atoms with van der Waals surface area (Å²) >= 11 is 0. The Morgan fingerprint density at radius 2 is 1.51 bits per heavy atom. The summed E-state index contributed by atoms with van der Waals surface area (Å²) in [6, 6.07) is 16.3. The lowest BCUT2D eigenvalue weighted by molar-refractivity contribution is -0.274. The van der Waals surface area contributed by atoms with Gasteiger partial charge in [-0.1, -0.05) is 24.3 Å². The molecule has 0 saturated carbocycles. The highest BCUT2D eigenvalue weighted by Crippen LogP contribution is 2.36. The average molecular weight is 593 g/mol. The highest BCUT2D eigenvalue weighted by Gasteiger charge is 2.32. The van der Waals surface area contributed by atoms with Gasteiger partial charge in [0.15, 0.2) is 0 Å². The second kappa shape index (κ2) is 12.2. The normalized spacial score (nSPS) is 14.8. The number of carbonyl (C=O) groups excluding carboxylic acids is 1. The Morgan fingerprint density at radius 3 is 2.07 bits per heavy atom. The number of carbonyl (C=O) groups is 2. The van der Waals surface area contributed by atoms with Crippen LogP contribution in [0.25, 0.3) is 11.1 Å². The van der Waals surface area contributed by atoms with Crippen LogP contribution in [-0.2, 0) is 16.6 Å². The molecular formula is C27H27F3N4O6S. The number of nitrogens with zero attached hydrogens (tertiary/aromatic N) is 2. The van der Waals surface area contributed by atoms with E-state index in [2.05, 4.69) is 20.3 Å². The van der Waals surface area contributed by atoms with Crippen LogP contribution in [0, 0.1) is 0 Å². The van der Waals surface area contributed by atoms with Gasteiger partial charge in [-0.3, -0.25) is 15.0 Å². The summed E-state index contributed by atoms with van der Waals surface area (Å²) in [5.74, 6) is -0.961. The van der Waals surface area contributed by atoms with E-state index >= 15 is 0 Å². The van der Waals surface area contributed by atoms with E-state index in [0.717, 1.165) is 17.7 Å². The van der Waals surface area contributed by atoms with Crippen LogP contribution in [0.1, 0.15) is 15.9 Å². The first kappa shape index (κ1) is 29.8. The van der Waals surface area contributed by atoms with E-state index in [-0.39, 0.29) is 22.4 Å². The van der Waals surface area contributed by atoms with E-state index in [4.69, 9.17) is 5.11 Å². The van der Waals surface area contributed by atoms with Gasteiger partial charge in [-0.05, 0) is 53.6 Å². The standard InChI is InChI=1S/C27H27F3N4O6S/c1-41(38,39)34-14-12-33(13-15-34)17-18-2-8-21(9-3-18)31-25(35)20-6-4-19(5-7-20)23-16-22(32-26(36)37)10-11-24(23)40-27(28,29)30/h2-11,16,32H,12-15,17H2,1H3,(H,31,35)(H,36,37). The predicted molar refractivity (Wildman–Crippen MR) is 146 cm³/mol. The van der Waals surface area contributed by atoms with Crippen molar-refractivity contribution in [2.75, 3.05) is 43.1 Å². The quantitative estimate of drug-likeness (QED) is 0.347. The highest BCUT2D eigenvalue weighted by molar-refractivity contribution is 7.88. The summed E-state index contributed by atoms with van der Waals surface area (Å²) in [6.07, 6.45) is -5.14. The molecule has 3 aromatic rings. The van der Waals surface area contributed by atoms with Gasteiger partial charge in [-0.15, -0.1) is 13.2 Å². The van der Waals surface area contributed by atoms with Crippen LogP contribution < -0.4 is 15.4 Å². The maximum absolute atomic E-state index is 12.9. The van der Waals surface area contributed by atoms with Gasteiger partial charge in [0.05, 0.1) is 6.26 Å². The molecule has 1 saturated heterocycles. The van der Waals surface area contributed by atoms with Gasteiger partial charge in [0, 0.05) is 55.2 Å². The number of alkyl halides is 3. The second-order valence-electron chi connectivity index (χ2n) is 9.36. The van der Waals surface area contributed by atoms with Crippen molar-refractivity contribution >= 4 is 33.4 Å². The Labute approximate surface area is 234 Å². The fourth-order valence-corrected chi connectivity index (χ4v) is 5.17. The number of anilines is 2. The molecule has 0 aromatic heterocycles. The summed E-state index contributed by atoms with van der Waals surface area (Å²) in [7, 11) is -3.20. The van der Waals surface area contributed by atoms with Crippen molar-refractivity contribution in [3.63, 3.8) is 0 Å². The first-order valence-electron chi connectivity index (χ1n) is 12.3. The van der Waals surface area contributed by atoms with Crippen molar-refractivity contribution in [1.82, 2.24) is 9.21 Å². The number of ether oxygens (including phenoxy) is 1. The number of benzene rings is 3. The molecule has 1 heterocycles. The third kappa shape index (κ3) is 8.42. The number of rotatable bonds is 8. The molecular weight excluding hydrogens is 565 g/mol. The van der Waals surface area contributed by atoms with E-state index in [1.165, 1.54) is 40.9 Å². The zero-order valence-electron chi connectivity index (χ0n) is 21.8. The highest BCUT2D eigenvalue weighted by atomic mass is 32.2. The maximum atomic E-state index is 12.9. The SMILES string of the molecule is CS(=O)(=O)N1CCN(Cc2ccc(NC(=O)c3ccc(-c4cc(NC(=O)O)ccc4OC(F)(F)F)cc3)cc2)CC1. The van der Waals surface area contributed by atoms with Crippen LogP contribution in [0.5, 0.6) is 5.75 Å². The first-order chi connectivity index (χ1) is 19.3. The number of amides is 2. The molecule has 0 aliphatic carbocycles. The monoisotopic (exact) mass is 592 g/mol. The summed E-state index contributed by atoms with van der Waals surface area (Å²) in [5, 5.41) is 13.8. The molecule has 3 aromatic carbocycles. The third-order valence-electron chi connectivity index (χ3n) is 6.33. The van der Waals surface area contributed by atoms with E-state index < -0.39 is 34.1 Å². The van der Waals surface area contributed by atoms with Gasteiger partial charge in [0.25, 0.3) is 5.91 Å². The van der Waals surface area contributed by atoms with E-state index in [9.17, 15) is 31.2 Å². The lowest BCUT2D eigenvalue weighted by Crippen LogP contribution is -2.47. The molecule has 1 aliphatic rings. The number of carboxylic acid groups (broad SMARTS) is 1. The van der Waals surface area contributed by atoms with E-state index in [1.807, 2.05) is 12.1 Å². The molecule has 0 bridgehead atoms. The molecule has 0 spiro atoms. The molecule has 14 heteroatoms. The van der Waals surface area contributed by atoms with Gasteiger partial charge in [0.1, 0.15) is 5.75 Å². The zero-order valence-corrected chi connectivity index (χ0v) is 22.6. The fourth-order valence-electron chi connectivity index (χ4n) is 4.35. The van der Waals surface area contributed by atoms with E-state index in [0.29, 0.717) is 38.4 Å². The smallest absolute Gasteiger partial charge is 0.465 e. The van der Waals surface area contributed by atoms with Crippen molar-refractivity contribution in [1.29, 1.82) is 0 Å². The van der Waals surface area contributed by atoms with Crippen molar-refractivity contribution < 1.29 is 41.0 Å². The van der Waals surface area contributed by atoms with Crippen LogP contribution in [0.2, 0.25) is 0 Å². The molecule has 3 N–H and O–H groups in total. The lowest BCUT2D eigenvalue weighted by atomic mass is 10.0. The summed E-state index contributed by atoms with van der Waals surface area (Å²) in [5.41, 5.74) is 2.09. The Balaban J connectivity index is 1.40. The lowest BCUT2D eigenvalue weighted by Gasteiger charge is -2.33. The largest absolute Gasteiger partial charge is 0.573 e. The number of sulfonamides is 1. The number of hydrogen-bond acceptors (Lipinski definition) is 6. The van der Waals surface area contributed by atoms with Crippen molar-refractivity contribution in [2.24, 2.45) is 0 Å². The Kier molecular flexibility index (Phi) is 8.85.